The van der Waals surface area contributed by atoms with Gasteiger partial charge in [-0.2, -0.15) is 11.3 Å². The second kappa shape index (κ2) is 4.94. The molecule has 0 radical (unpaired) electrons. The van der Waals surface area contributed by atoms with Gasteiger partial charge < -0.3 is 4.74 Å². The zero-order chi connectivity index (χ0) is 12.4. The Labute approximate surface area is 110 Å². The zero-order valence-corrected chi connectivity index (χ0v) is 10.8. The summed E-state index contributed by atoms with van der Waals surface area (Å²) < 4.78 is 5.66. The average molecular weight is 258 g/mol. The highest BCUT2D eigenvalue weighted by Gasteiger charge is 2.23. The number of carbonyl (C=O) groups excluding carboxylic acids is 1. The van der Waals surface area contributed by atoms with Crippen molar-refractivity contribution in [1.29, 1.82) is 0 Å². The molecular weight excluding hydrogens is 244 g/mol. The fourth-order valence-corrected chi connectivity index (χ4v) is 2.45. The first-order valence-electron chi connectivity index (χ1n) is 6.12. The fourth-order valence-electron chi connectivity index (χ4n) is 1.78. The molecule has 1 aliphatic rings. The van der Waals surface area contributed by atoms with Gasteiger partial charge in [0.25, 0.3) is 0 Å². The summed E-state index contributed by atoms with van der Waals surface area (Å²) in [7, 11) is 0. The van der Waals surface area contributed by atoms with Gasteiger partial charge >= 0.3 is 0 Å². The molecule has 0 aliphatic heterocycles. The van der Waals surface area contributed by atoms with Gasteiger partial charge in [-0.3, -0.25) is 4.79 Å². The Morgan fingerprint density at radius 3 is 2.61 bits per heavy atom. The van der Waals surface area contributed by atoms with E-state index >= 15 is 0 Å². The molecule has 1 fully saturated rings. The number of carbonyl (C=O) groups is 1. The Kier molecular flexibility index (Phi) is 3.15. The average Bonchev–Trinajstić information content (AvgIpc) is 3.04. The summed E-state index contributed by atoms with van der Waals surface area (Å²) in [6, 6.07) is 9.48. The van der Waals surface area contributed by atoms with Crippen LogP contribution in [0.4, 0.5) is 0 Å². The number of ketones is 1. The van der Waals surface area contributed by atoms with E-state index in [1.54, 1.807) is 11.3 Å². The van der Waals surface area contributed by atoms with Gasteiger partial charge in [0.05, 0.1) is 6.10 Å². The number of thiophene rings is 1. The monoisotopic (exact) mass is 258 g/mol. The maximum Gasteiger partial charge on any atom is 0.167 e. The minimum atomic E-state index is 0.159. The number of hydrogen-bond acceptors (Lipinski definition) is 3. The molecule has 0 saturated heterocycles. The fraction of sp³-hybridized carbons (Fsp3) is 0.267. The van der Waals surface area contributed by atoms with E-state index in [1.165, 1.54) is 0 Å². The van der Waals surface area contributed by atoms with Crippen LogP contribution >= 0.6 is 11.3 Å². The Bertz CT molecular complexity index is 524. The van der Waals surface area contributed by atoms with Gasteiger partial charge in [0.2, 0.25) is 0 Å². The molecule has 0 amide bonds. The molecule has 1 saturated carbocycles. The van der Waals surface area contributed by atoms with Gasteiger partial charge in [-0.05, 0) is 59.5 Å². The van der Waals surface area contributed by atoms with Crippen molar-refractivity contribution in [1.82, 2.24) is 0 Å². The Morgan fingerprint density at radius 2 is 2.00 bits per heavy atom. The van der Waals surface area contributed by atoms with Crippen LogP contribution < -0.4 is 4.74 Å². The molecule has 92 valence electrons. The molecule has 3 heteroatoms. The predicted molar refractivity (Wildman–Crippen MR) is 72.4 cm³/mol. The van der Waals surface area contributed by atoms with Gasteiger partial charge in [0, 0.05) is 12.0 Å². The molecule has 1 aliphatic carbocycles. The van der Waals surface area contributed by atoms with Crippen LogP contribution in [0.3, 0.4) is 0 Å². The molecule has 1 aromatic carbocycles. The topological polar surface area (TPSA) is 26.3 Å². The van der Waals surface area contributed by atoms with E-state index in [0.717, 1.165) is 29.7 Å². The molecular formula is C15H14O2S. The predicted octanol–water partition coefficient (Wildman–Crippen LogP) is 3.71. The van der Waals surface area contributed by atoms with Gasteiger partial charge in [0.1, 0.15) is 5.75 Å². The lowest BCUT2D eigenvalue weighted by atomic mass is 10.1. The van der Waals surface area contributed by atoms with Crippen LogP contribution in [0.2, 0.25) is 0 Å². The van der Waals surface area contributed by atoms with Crippen LogP contribution in [0.25, 0.3) is 0 Å². The zero-order valence-electron chi connectivity index (χ0n) is 9.96. The quantitative estimate of drug-likeness (QED) is 0.764. The number of Topliss-reactive ketones (excluding diaryl/α,β-unsaturated/α-hetero) is 1. The molecule has 0 atom stereocenters. The highest BCUT2D eigenvalue weighted by atomic mass is 32.1. The Balaban J connectivity index is 1.65. The van der Waals surface area contributed by atoms with Gasteiger partial charge in [0.15, 0.2) is 5.78 Å². The largest absolute Gasteiger partial charge is 0.490 e. The van der Waals surface area contributed by atoms with Crippen molar-refractivity contribution in [2.75, 3.05) is 0 Å². The molecule has 18 heavy (non-hydrogen) atoms. The molecule has 1 aromatic heterocycles. The van der Waals surface area contributed by atoms with Crippen molar-refractivity contribution >= 4 is 17.1 Å². The number of ether oxygens (including phenoxy) is 1. The first kappa shape index (κ1) is 11.5. The van der Waals surface area contributed by atoms with Crippen LogP contribution in [0.5, 0.6) is 5.75 Å². The van der Waals surface area contributed by atoms with Crippen LogP contribution in [-0.4, -0.2) is 11.9 Å². The summed E-state index contributed by atoms with van der Waals surface area (Å²) in [5, 5.41) is 4.01. The first-order valence-corrected chi connectivity index (χ1v) is 7.06. The van der Waals surface area contributed by atoms with E-state index in [1.807, 2.05) is 41.1 Å². The van der Waals surface area contributed by atoms with Crippen molar-refractivity contribution < 1.29 is 9.53 Å². The molecule has 1 heterocycles. The molecule has 2 nitrogen and oxygen atoms in total. The van der Waals surface area contributed by atoms with Crippen molar-refractivity contribution in [3.63, 3.8) is 0 Å². The first-order chi connectivity index (χ1) is 8.81. The number of hydrogen-bond donors (Lipinski definition) is 0. The summed E-state index contributed by atoms with van der Waals surface area (Å²) in [6.45, 7) is 0. The summed E-state index contributed by atoms with van der Waals surface area (Å²) in [5.41, 5.74) is 1.84. The lowest BCUT2D eigenvalue weighted by Gasteiger charge is -2.05. The third-order valence-corrected chi connectivity index (χ3v) is 3.68. The maximum atomic E-state index is 12.0. The third kappa shape index (κ3) is 2.79. The van der Waals surface area contributed by atoms with E-state index in [2.05, 4.69) is 0 Å². The van der Waals surface area contributed by atoms with E-state index in [4.69, 9.17) is 4.74 Å². The van der Waals surface area contributed by atoms with E-state index in [-0.39, 0.29) is 5.78 Å². The minimum absolute atomic E-state index is 0.159. The van der Waals surface area contributed by atoms with E-state index < -0.39 is 0 Å². The maximum absolute atomic E-state index is 12.0. The SMILES string of the molecule is O=C(Cc1ccsc1)c1ccc(OC2CC2)cc1. The lowest BCUT2D eigenvalue weighted by molar-refractivity contribution is 0.0993. The van der Waals surface area contributed by atoms with E-state index in [9.17, 15) is 4.79 Å². The lowest BCUT2D eigenvalue weighted by Crippen LogP contribution is -2.03. The molecule has 0 bridgehead atoms. The standard InChI is InChI=1S/C15H14O2S/c16-15(9-11-7-8-18-10-11)12-1-3-13(4-2-12)17-14-5-6-14/h1-4,7-8,10,14H,5-6,9H2. The number of benzene rings is 1. The van der Waals surface area contributed by atoms with Crippen LogP contribution in [0, 0.1) is 0 Å². The summed E-state index contributed by atoms with van der Waals surface area (Å²) in [4.78, 5) is 12.0. The van der Waals surface area contributed by atoms with Crippen molar-refractivity contribution in [2.45, 2.75) is 25.4 Å². The summed E-state index contributed by atoms with van der Waals surface area (Å²) in [5.74, 6) is 1.02. The Hall–Kier alpha value is -1.61. The van der Waals surface area contributed by atoms with E-state index in [0.29, 0.717) is 12.5 Å². The molecule has 3 rings (SSSR count). The van der Waals surface area contributed by atoms with Gasteiger partial charge in [-0.1, -0.05) is 0 Å². The highest BCUT2D eigenvalue weighted by molar-refractivity contribution is 7.08. The van der Waals surface area contributed by atoms with Gasteiger partial charge in [-0.15, -0.1) is 0 Å². The van der Waals surface area contributed by atoms with Crippen LogP contribution in [-0.2, 0) is 6.42 Å². The number of rotatable bonds is 5. The molecule has 0 N–H and O–H groups in total. The molecule has 0 spiro atoms. The van der Waals surface area contributed by atoms with Crippen LogP contribution in [0.15, 0.2) is 41.1 Å². The smallest absolute Gasteiger partial charge is 0.167 e. The normalized spacial score (nSPS) is 14.4. The summed E-state index contributed by atoms with van der Waals surface area (Å²) in [6.07, 6.45) is 3.18. The molecule has 0 unspecified atom stereocenters. The van der Waals surface area contributed by atoms with Gasteiger partial charge in [-0.25, -0.2) is 0 Å². The van der Waals surface area contributed by atoms with Crippen molar-refractivity contribution in [2.24, 2.45) is 0 Å². The third-order valence-electron chi connectivity index (χ3n) is 2.95. The second-order valence-corrected chi connectivity index (χ2v) is 5.35. The molecule has 2 aromatic rings. The summed E-state index contributed by atoms with van der Waals surface area (Å²) >= 11 is 1.62. The second-order valence-electron chi connectivity index (χ2n) is 4.57. The Morgan fingerprint density at radius 1 is 1.22 bits per heavy atom. The van der Waals surface area contributed by atoms with Crippen LogP contribution in [0.1, 0.15) is 28.8 Å². The van der Waals surface area contributed by atoms with Crippen molar-refractivity contribution in [3.8, 4) is 5.75 Å². The highest BCUT2D eigenvalue weighted by Crippen LogP contribution is 2.26. The minimum Gasteiger partial charge on any atom is -0.490 e. The van der Waals surface area contributed by atoms with Crippen molar-refractivity contribution in [3.05, 3.63) is 52.2 Å².